The number of piperazine rings is 1. The number of carboxylic acids is 2. The van der Waals surface area contributed by atoms with Crippen molar-refractivity contribution in [2.75, 3.05) is 39.8 Å². The lowest BCUT2D eigenvalue weighted by Gasteiger charge is -2.33. The molecule has 0 atom stereocenters. The van der Waals surface area contributed by atoms with Gasteiger partial charge in [0, 0.05) is 37.8 Å². The molecule has 0 spiro atoms. The molecule has 1 fully saturated rings. The van der Waals surface area contributed by atoms with E-state index in [-0.39, 0.29) is 11.5 Å². The fraction of sp³-hybridized carbons (Fsp3) is 0.345. The Morgan fingerprint density at radius 2 is 1.47 bits per heavy atom. The van der Waals surface area contributed by atoms with Crippen molar-refractivity contribution in [3.8, 4) is 5.75 Å². The second-order valence-electron chi connectivity index (χ2n) is 9.73. The molecule has 3 aromatic heterocycles. The number of para-hydroxylation sites is 1. The van der Waals surface area contributed by atoms with E-state index in [1.54, 1.807) is 10.8 Å². The molecule has 4 heterocycles. The van der Waals surface area contributed by atoms with Crippen LogP contribution in [0.25, 0.3) is 21.0 Å². The van der Waals surface area contributed by atoms with E-state index < -0.39 is 24.3 Å². The Morgan fingerprint density at radius 3 is 1.96 bits per heavy atom. The van der Waals surface area contributed by atoms with Gasteiger partial charge in [-0.25, -0.2) is 9.59 Å². The third kappa shape index (κ3) is 8.97. The number of hydrogen-bond acceptors (Lipinski definition) is 8. The number of methoxy groups -OCH3 is 1. The predicted octanol–water partition coefficient (Wildman–Crippen LogP) is 4.71. The van der Waals surface area contributed by atoms with Gasteiger partial charge >= 0.3 is 24.3 Å². The van der Waals surface area contributed by atoms with Crippen LogP contribution in [0.2, 0.25) is 0 Å². The zero-order valence-corrected chi connectivity index (χ0v) is 25.6. The number of alkyl halides is 6. The monoisotopic (exact) mass is 690 g/mol. The normalized spacial score (nSPS) is 13.7. The minimum Gasteiger partial charge on any atom is -0.494 e. The Labute approximate surface area is 266 Å². The van der Waals surface area contributed by atoms with Crippen LogP contribution in [0.1, 0.15) is 22.3 Å². The standard InChI is InChI=1S/C25H26N4O3S.2C2HF3O2/c1-3-27-12-14-28(15-13-27)25(31)23-21(32-2)20-22(33-23)18-9-4-5-10-19(18)29(24(20)30)16-17-8-6-7-11-26-17;2*3-2(4,5)1(6)7/h4-11H,3,12-16H2,1-2H3;2*(H,6,7). The molecule has 1 aromatic carbocycles. The summed E-state index contributed by atoms with van der Waals surface area (Å²) in [6, 6.07) is 13.5. The molecule has 0 saturated carbocycles. The smallest absolute Gasteiger partial charge is 0.490 e. The summed E-state index contributed by atoms with van der Waals surface area (Å²) < 4.78 is 71.7. The average Bonchev–Trinajstić information content (AvgIpc) is 3.43. The lowest BCUT2D eigenvalue weighted by Crippen LogP contribution is -2.48. The zero-order valence-electron chi connectivity index (χ0n) is 24.8. The first-order valence-electron chi connectivity index (χ1n) is 13.6. The number of aliphatic carboxylic acids is 2. The molecule has 1 saturated heterocycles. The van der Waals surface area contributed by atoms with Crippen molar-refractivity contribution in [3.63, 3.8) is 0 Å². The maximum absolute atomic E-state index is 13.8. The number of thiophene rings is 1. The average molecular weight is 691 g/mol. The number of halogens is 6. The van der Waals surface area contributed by atoms with Crippen LogP contribution in [-0.2, 0) is 16.1 Å². The minimum atomic E-state index is -5.08. The summed E-state index contributed by atoms with van der Waals surface area (Å²) in [6.07, 6.45) is -8.44. The molecular formula is C29H28F6N4O7S. The number of nitrogens with zero attached hydrogens (tertiary/aromatic N) is 4. The first-order valence-corrected chi connectivity index (χ1v) is 14.5. The molecular weight excluding hydrogens is 662 g/mol. The lowest BCUT2D eigenvalue weighted by atomic mass is 10.1. The highest BCUT2D eigenvalue weighted by atomic mass is 32.1. The molecule has 1 aliphatic heterocycles. The van der Waals surface area contributed by atoms with Gasteiger partial charge in [-0.05, 0) is 24.7 Å². The van der Waals surface area contributed by atoms with Gasteiger partial charge in [0.2, 0.25) is 0 Å². The van der Waals surface area contributed by atoms with E-state index in [4.69, 9.17) is 24.5 Å². The maximum Gasteiger partial charge on any atom is 0.490 e. The highest BCUT2D eigenvalue weighted by molar-refractivity contribution is 7.22. The van der Waals surface area contributed by atoms with Gasteiger partial charge in [0.05, 0.1) is 29.6 Å². The van der Waals surface area contributed by atoms with Gasteiger partial charge in [-0.2, -0.15) is 26.3 Å². The van der Waals surface area contributed by atoms with E-state index in [9.17, 15) is 35.9 Å². The van der Waals surface area contributed by atoms with Gasteiger partial charge in [-0.15, -0.1) is 11.3 Å². The number of fused-ring (bicyclic) bond motifs is 3. The highest BCUT2D eigenvalue weighted by Gasteiger charge is 2.39. The van der Waals surface area contributed by atoms with Gasteiger partial charge in [-0.1, -0.05) is 31.2 Å². The molecule has 47 heavy (non-hydrogen) atoms. The SMILES string of the molecule is CCN1CCN(C(=O)c2sc3c(c2OC)c(=O)n(Cc2ccccn2)c2ccccc32)CC1.O=C(O)C(F)(F)F.O=C(O)C(F)(F)F. The number of benzene rings is 1. The van der Waals surface area contributed by atoms with Crippen LogP contribution in [0.5, 0.6) is 5.75 Å². The number of carbonyl (C=O) groups excluding carboxylic acids is 1. The van der Waals surface area contributed by atoms with E-state index >= 15 is 0 Å². The van der Waals surface area contributed by atoms with Gasteiger partial charge in [0.15, 0.2) is 5.75 Å². The Morgan fingerprint density at radius 1 is 0.915 bits per heavy atom. The fourth-order valence-electron chi connectivity index (χ4n) is 4.50. The fourth-order valence-corrected chi connectivity index (χ4v) is 5.77. The van der Waals surface area contributed by atoms with Crippen molar-refractivity contribution in [2.45, 2.75) is 25.8 Å². The third-order valence-electron chi connectivity index (χ3n) is 6.80. The van der Waals surface area contributed by atoms with E-state index in [1.807, 2.05) is 47.4 Å². The number of likely N-dealkylation sites (N-methyl/N-ethyl adjacent to an activating group) is 1. The topological polar surface area (TPSA) is 142 Å². The molecule has 1 amide bonds. The molecule has 5 rings (SSSR count). The van der Waals surface area contributed by atoms with Crippen molar-refractivity contribution in [3.05, 3.63) is 69.6 Å². The Kier molecular flexibility index (Phi) is 11.9. The van der Waals surface area contributed by atoms with Gasteiger partial charge in [0.1, 0.15) is 10.3 Å². The first-order chi connectivity index (χ1) is 22.0. The molecule has 1 aliphatic rings. The number of ether oxygens (including phenoxy) is 1. The van der Waals surface area contributed by atoms with Crippen LogP contribution in [0, 0.1) is 0 Å². The maximum atomic E-state index is 13.8. The van der Waals surface area contributed by atoms with Crippen molar-refractivity contribution in [1.29, 1.82) is 0 Å². The summed E-state index contributed by atoms with van der Waals surface area (Å²) >= 11 is 1.36. The lowest BCUT2D eigenvalue weighted by molar-refractivity contribution is -0.193. The predicted molar refractivity (Wildman–Crippen MR) is 159 cm³/mol. The third-order valence-corrected chi connectivity index (χ3v) is 7.99. The van der Waals surface area contributed by atoms with E-state index in [1.165, 1.54) is 18.4 Å². The van der Waals surface area contributed by atoms with Crippen molar-refractivity contribution in [1.82, 2.24) is 19.4 Å². The molecule has 4 aromatic rings. The van der Waals surface area contributed by atoms with Gasteiger partial charge in [0.25, 0.3) is 11.5 Å². The molecule has 18 heteroatoms. The van der Waals surface area contributed by atoms with Crippen LogP contribution in [-0.4, -0.2) is 99.6 Å². The zero-order chi connectivity index (χ0) is 35.1. The Balaban J connectivity index is 0.000000360. The number of rotatable bonds is 5. The van der Waals surface area contributed by atoms with Gasteiger partial charge < -0.3 is 29.3 Å². The van der Waals surface area contributed by atoms with Crippen LogP contribution in [0.15, 0.2) is 53.5 Å². The van der Waals surface area contributed by atoms with Crippen LogP contribution in [0.3, 0.4) is 0 Å². The van der Waals surface area contributed by atoms with Crippen molar-refractivity contribution >= 4 is 50.2 Å². The molecule has 11 nitrogen and oxygen atoms in total. The van der Waals surface area contributed by atoms with Crippen molar-refractivity contribution < 1.29 is 55.7 Å². The second kappa shape index (κ2) is 15.3. The quantitative estimate of drug-likeness (QED) is 0.285. The number of amides is 1. The summed E-state index contributed by atoms with van der Waals surface area (Å²) in [5.74, 6) is -5.20. The number of hydrogen-bond donors (Lipinski definition) is 2. The van der Waals surface area contributed by atoms with Crippen molar-refractivity contribution in [2.24, 2.45) is 0 Å². The molecule has 0 bridgehead atoms. The van der Waals surface area contributed by atoms with Crippen LogP contribution >= 0.6 is 11.3 Å². The molecule has 0 aliphatic carbocycles. The van der Waals surface area contributed by atoms with E-state index in [0.717, 1.165) is 40.9 Å². The first kappa shape index (κ1) is 36.8. The second-order valence-corrected chi connectivity index (χ2v) is 10.8. The number of aromatic nitrogens is 2. The van der Waals surface area contributed by atoms with E-state index in [0.29, 0.717) is 35.6 Å². The number of carboxylic acid groups (broad SMARTS) is 2. The van der Waals surface area contributed by atoms with Crippen LogP contribution in [0.4, 0.5) is 26.3 Å². The molecule has 0 radical (unpaired) electrons. The number of pyridine rings is 2. The summed E-state index contributed by atoms with van der Waals surface area (Å²) in [6.45, 7) is 6.52. The molecule has 254 valence electrons. The summed E-state index contributed by atoms with van der Waals surface area (Å²) in [5.41, 5.74) is 1.45. The summed E-state index contributed by atoms with van der Waals surface area (Å²) in [5, 5.41) is 15.6. The van der Waals surface area contributed by atoms with E-state index in [2.05, 4.69) is 16.8 Å². The highest BCUT2D eigenvalue weighted by Crippen LogP contribution is 2.40. The summed E-state index contributed by atoms with van der Waals surface area (Å²) in [4.78, 5) is 54.1. The Hall–Kier alpha value is -4.71. The Bertz CT molecular complexity index is 1760. The molecule has 2 N–H and O–H groups in total. The minimum absolute atomic E-state index is 0.0661. The van der Waals surface area contributed by atoms with Gasteiger partial charge in [-0.3, -0.25) is 14.6 Å². The molecule has 0 unspecified atom stereocenters. The summed E-state index contributed by atoms with van der Waals surface area (Å²) in [7, 11) is 1.53. The largest absolute Gasteiger partial charge is 0.494 e. The number of carbonyl (C=O) groups is 3. The van der Waals surface area contributed by atoms with Crippen LogP contribution < -0.4 is 10.3 Å².